The van der Waals surface area contributed by atoms with Crippen LogP contribution in [0, 0.1) is 13.8 Å². The van der Waals surface area contributed by atoms with Crippen LogP contribution in [-0.4, -0.2) is 37.0 Å². The number of likely N-dealkylation sites (tertiary alicyclic amines) is 1. The average Bonchev–Trinajstić information content (AvgIpc) is 3.19. The Morgan fingerprint density at radius 1 is 1.24 bits per heavy atom. The number of aromatic nitrogens is 4. The highest BCUT2D eigenvalue weighted by molar-refractivity contribution is 5.75. The second kappa shape index (κ2) is 7.00. The molecule has 25 heavy (non-hydrogen) atoms. The van der Waals surface area contributed by atoms with Gasteiger partial charge in [0.2, 0.25) is 0 Å². The molecule has 2 aromatic heterocycles. The predicted molar refractivity (Wildman–Crippen MR) is 100 cm³/mol. The van der Waals surface area contributed by atoms with Crippen molar-refractivity contribution in [2.45, 2.75) is 58.7 Å². The Morgan fingerprint density at radius 3 is 3.00 bits per heavy atom. The Kier molecular flexibility index (Phi) is 4.57. The molecule has 132 valence electrons. The summed E-state index contributed by atoms with van der Waals surface area (Å²) in [7, 11) is 0. The van der Waals surface area contributed by atoms with Crippen LogP contribution in [0.3, 0.4) is 0 Å². The molecule has 1 aliphatic rings. The smallest absolute Gasteiger partial charge is 0.121 e. The van der Waals surface area contributed by atoms with Crippen molar-refractivity contribution < 1.29 is 0 Å². The number of nitrogens with one attached hydrogen (secondary N) is 1. The summed E-state index contributed by atoms with van der Waals surface area (Å²) in [6.07, 6.45) is 9.07. The Balaban J connectivity index is 1.45. The van der Waals surface area contributed by atoms with Crippen molar-refractivity contribution >= 4 is 11.0 Å². The molecule has 0 spiro atoms. The molecular formula is C20H27N5. The van der Waals surface area contributed by atoms with Gasteiger partial charge >= 0.3 is 0 Å². The van der Waals surface area contributed by atoms with Gasteiger partial charge < -0.3 is 9.55 Å². The molecule has 3 aromatic rings. The van der Waals surface area contributed by atoms with Gasteiger partial charge in [0.1, 0.15) is 11.6 Å². The largest absolute Gasteiger partial charge is 0.341 e. The van der Waals surface area contributed by atoms with E-state index in [1.807, 2.05) is 6.20 Å². The molecule has 1 N–H and O–H groups in total. The Labute approximate surface area is 149 Å². The summed E-state index contributed by atoms with van der Waals surface area (Å²) in [4.78, 5) is 15.3. The topological polar surface area (TPSA) is 49.7 Å². The van der Waals surface area contributed by atoms with Crippen LogP contribution in [0.15, 0.2) is 30.6 Å². The molecule has 5 nitrogen and oxygen atoms in total. The van der Waals surface area contributed by atoms with E-state index in [1.54, 1.807) is 0 Å². The molecule has 0 unspecified atom stereocenters. The van der Waals surface area contributed by atoms with Crippen LogP contribution in [0.2, 0.25) is 0 Å². The van der Waals surface area contributed by atoms with Crippen LogP contribution in [-0.2, 0) is 13.1 Å². The zero-order valence-electron chi connectivity index (χ0n) is 15.2. The van der Waals surface area contributed by atoms with E-state index in [2.05, 4.69) is 57.7 Å². The minimum atomic E-state index is 0.630. The second-order valence-corrected chi connectivity index (χ2v) is 7.28. The van der Waals surface area contributed by atoms with Gasteiger partial charge in [0.25, 0.3) is 0 Å². The molecule has 3 heterocycles. The van der Waals surface area contributed by atoms with E-state index in [1.165, 1.54) is 37.8 Å². The Morgan fingerprint density at radius 2 is 2.16 bits per heavy atom. The average molecular weight is 337 g/mol. The lowest BCUT2D eigenvalue weighted by molar-refractivity contribution is 0.125. The molecule has 1 aliphatic heterocycles. The summed E-state index contributed by atoms with van der Waals surface area (Å²) in [5, 5.41) is 0. The van der Waals surface area contributed by atoms with Gasteiger partial charge in [-0.05, 0) is 57.4 Å². The first-order valence-electron chi connectivity index (χ1n) is 9.36. The molecule has 0 radical (unpaired) electrons. The zero-order chi connectivity index (χ0) is 17.2. The number of imidazole rings is 2. The molecule has 0 aliphatic carbocycles. The van der Waals surface area contributed by atoms with E-state index < -0.39 is 0 Å². The third kappa shape index (κ3) is 3.61. The zero-order valence-corrected chi connectivity index (χ0v) is 15.2. The van der Waals surface area contributed by atoms with Crippen molar-refractivity contribution in [3.8, 4) is 0 Å². The number of benzene rings is 1. The first-order chi connectivity index (χ1) is 12.2. The van der Waals surface area contributed by atoms with Crippen LogP contribution < -0.4 is 0 Å². The van der Waals surface area contributed by atoms with E-state index in [4.69, 9.17) is 4.98 Å². The van der Waals surface area contributed by atoms with Crippen LogP contribution >= 0.6 is 0 Å². The fourth-order valence-corrected chi connectivity index (χ4v) is 3.97. The summed E-state index contributed by atoms with van der Waals surface area (Å²) in [6.45, 7) is 7.34. The summed E-state index contributed by atoms with van der Waals surface area (Å²) >= 11 is 0. The fraction of sp³-hybridized carbons (Fsp3) is 0.500. The number of piperidine rings is 1. The number of fused-ring (bicyclic) bond motifs is 1. The summed E-state index contributed by atoms with van der Waals surface area (Å²) < 4.78 is 2.26. The molecule has 1 fully saturated rings. The number of hydrogen-bond acceptors (Lipinski definition) is 3. The number of rotatable bonds is 5. The lowest BCUT2D eigenvalue weighted by Gasteiger charge is -2.35. The Bertz CT molecular complexity index is 847. The predicted octanol–water partition coefficient (Wildman–Crippen LogP) is 3.82. The minimum Gasteiger partial charge on any atom is -0.341 e. The van der Waals surface area contributed by atoms with E-state index in [9.17, 15) is 0 Å². The van der Waals surface area contributed by atoms with Crippen molar-refractivity contribution in [3.05, 3.63) is 47.8 Å². The van der Waals surface area contributed by atoms with Gasteiger partial charge in [-0.25, -0.2) is 9.97 Å². The number of hydrogen-bond donors (Lipinski definition) is 1. The van der Waals surface area contributed by atoms with Gasteiger partial charge in [0.05, 0.1) is 17.6 Å². The first-order valence-corrected chi connectivity index (χ1v) is 9.36. The minimum absolute atomic E-state index is 0.630. The lowest BCUT2D eigenvalue weighted by Crippen LogP contribution is -2.39. The van der Waals surface area contributed by atoms with Crippen LogP contribution in [0.25, 0.3) is 11.0 Å². The Hall–Kier alpha value is -2.14. The van der Waals surface area contributed by atoms with Gasteiger partial charge in [-0.1, -0.05) is 12.5 Å². The van der Waals surface area contributed by atoms with Crippen LogP contribution in [0.1, 0.15) is 42.9 Å². The van der Waals surface area contributed by atoms with Gasteiger partial charge in [0.15, 0.2) is 0 Å². The lowest BCUT2D eigenvalue weighted by atomic mass is 9.99. The standard InChI is InChI=1S/C20H27N5/c1-15-6-7-18-19(13-15)23-20(22-18)14-25-10-4-3-5-17(25)8-11-24-12-9-21-16(24)2/h6-7,9,12-13,17H,3-5,8,10-11,14H2,1-2H3,(H,22,23)/t17-/m1/s1. The summed E-state index contributed by atoms with van der Waals surface area (Å²) in [5.41, 5.74) is 3.50. The molecule has 1 aromatic carbocycles. The van der Waals surface area contributed by atoms with Crippen molar-refractivity contribution in [3.63, 3.8) is 0 Å². The van der Waals surface area contributed by atoms with Gasteiger partial charge in [0, 0.05) is 25.0 Å². The van der Waals surface area contributed by atoms with Crippen molar-refractivity contribution in [2.24, 2.45) is 0 Å². The molecule has 4 rings (SSSR count). The maximum atomic E-state index is 4.79. The fourth-order valence-electron chi connectivity index (χ4n) is 3.97. The SMILES string of the molecule is Cc1ccc2nc(CN3CCCC[C@@H]3CCn3ccnc3C)[nH]c2c1. The quantitative estimate of drug-likeness (QED) is 0.770. The van der Waals surface area contributed by atoms with Gasteiger partial charge in [-0.15, -0.1) is 0 Å². The molecule has 1 saturated heterocycles. The van der Waals surface area contributed by atoms with Crippen molar-refractivity contribution in [1.29, 1.82) is 0 Å². The molecule has 0 amide bonds. The molecule has 0 saturated carbocycles. The molecule has 1 atom stereocenters. The van der Waals surface area contributed by atoms with Crippen molar-refractivity contribution in [1.82, 2.24) is 24.4 Å². The highest BCUT2D eigenvalue weighted by Gasteiger charge is 2.23. The van der Waals surface area contributed by atoms with E-state index in [0.717, 1.165) is 35.8 Å². The number of H-pyrrole nitrogens is 1. The van der Waals surface area contributed by atoms with E-state index in [-0.39, 0.29) is 0 Å². The van der Waals surface area contributed by atoms with E-state index >= 15 is 0 Å². The molecular weight excluding hydrogens is 310 g/mol. The first kappa shape index (κ1) is 16.3. The third-order valence-corrected chi connectivity index (χ3v) is 5.42. The maximum Gasteiger partial charge on any atom is 0.121 e. The maximum absolute atomic E-state index is 4.79. The van der Waals surface area contributed by atoms with Crippen LogP contribution in [0.4, 0.5) is 0 Å². The molecule has 5 heteroatoms. The number of nitrogens with zero attached hydrogens (tertiary/aromatic N) is 4. The summed E-state index contributed by atoms with van der Waals surface area (Å²) in [5.74, 6) is 2.20. The van der Waals surface area contributed by atoms with Gasteiger partial charge in [-0.2, -0.15) is 0 Å². The van der Waals surface area contributed by atoms with E-state index in [0.29, 0.717) is 6.04 Å². The number of aromatic amines is 1. The normalized spacial score (nSPS) is 18.9. The van der Waals surface area contributed by atoms with Gasteiger partial charge in [-0.3, -0.25) is 4.90 Å². The van der Waals surface area contributed by atoms with Crippen molar-refractivity contribution in [2.75, 3.05) is 6.54 Å². The third-order valence-electron chi connectivity index (χ3n) is 5.42. The second-order valence-electron chi connectivity index (χ2n) is 7.28. The molecule has 0 bridgehead atoms. The monoisotopic (exact) mass is 337 g/mol. The highest BCUT2D eigenvalue weighted by Crippen LogP contribution is 2.23. The van der Waals surface area contributed by atoms with Crippen LogP contribution in [0.5, 0.6) is 0 Å². The highest BCUT2D eigenvalue weighted by atomic mass is 15.2. The number of aryl methyl sites for hydroxylation is 3. The summed E-state index contributed by atoms with van der Waals surface area (Å²) in [6, 6.07) is 7.05.